The normalized spacial score (nSPS) is 10.2. The third-order valence-electron chi connectivity index (χ3n) is 2.57. The van der Waals surface area contributed by atoms with Gasteiger partial charge in [0, 0.05) is 24.5 Å². The molecule has 0 aromatic carbocycles. The van der Waals surface area contributed by atoms with Crippen molar-refractivity contribution in [2.45, 2.75) is 13.3 Å². The molecule has 5 nitrogen and oxygen atoms in total. The van der Waals surface area contributed by atoms with Crippen molar-refractivity contribution in [3.8, 4) is 5.75 Å². The Hall–Kier alpha value is -2.43. The standard InChI is InChI=1S/C14H14N2O3/c1-10-4-5-12(13(16-10)14(17)18)19-8-6-11-3-2-7-15-9-11/h2-5,7,9H,6,8H2,1H3,(H,17,18). The van der Waals surface area contributed by atoms with Gasteiger partial charge in [0.2, 0.25) is 0 Å². The third kappa shape index (κ3) is 3.51. The number of hydrogen-bond acceptors (Lipinski definition) is 4. The van der Waals surface area contributed by atoms with Crippen molar-refractivity contribution in [2.75, 3.05) is 6.61 Å². The van der Waals surface area contributed by atoms with Crippen molar-refractivity contribution in [1.29, 1.82) is 0 Å². The summed E-state index contributed by atoms with van der Waals surface area (Å²) in [5.74, 6) is -0.790. The molecule has 0 aliphatic carbocycles. The lowest BCUT2D eigenvalue weighted by Gasteiger charge is -2.08. The smallest absolute Gasteiger partial charge is 0.358 e. The lowest BCUT2D eigenvalue weighted by atomic mass is 10.2. The van der Waals surface area contributed by atoms with Crippen molar-refractivity contribution in [3.63, 3.8) is 0 Å². The molecule has 0 aliphatic heterocycles. The first kappa shape index (κ1) is 13.0. The number of aromatic carboxylic acids is 1. The third-order valence-corrected chi connectivity index (χ3v) is 2.57. The van der Waals surface area contributed by atoms with Crippen molar-refractivity contribution in [3.05, 3.63) is 53.6 Å². The predicted octanol–water partition coefficient (Wildman–Crippen LogP) is 2.10. The molecular weight excluding hydrogens is 244 g/mol. The highest BCUT2D eigenvalue weighted by Gasteiger charge is 2.13. The SMILES string of the molecule is Cc1ccc(OCCc2cccnc2)c(C(=O)O)n1. The summed E-state index contributed by atoms with van der Waals surface area (Å²) in [6.07, 6.45) is 4.13. The Balaban J connectivity index is 2.02. The van der Waals surface area contributed by atoms with E-state index in [9.17, 15) is 4.79 Å². The summed E-state index contributed by atoms with van der Waals surface area (Å²) >= 11 is 0. The van der Waals surface area contributed by atoms with Crippen LogP contribution in [0.2, 0.25) is 0 Å². The highest BCUT2D eigenvalue weighted by Crippen LogP contribution is 2.17. The summed E-state index contributed by atoms with van der Waals surface area (Å²) in [5, 5.41) is 9.05. The van der Waals surface area contributed by atoms with Gasteiger partial charge in [0.1, 0.15) is 0 Å². The van der Waals surface area contributed by atoms with E-state index in [2.05, 4.69) is 9.97 Å². The molecule has 0 saturated heterocycles. The number of ether oxygens (including phenoxy) is 1. The van der Waals surface area contributed by atoms with Crippen LogP contribution in [0.15, 0.2) is 36.7 Å². The summed E-state index contributed by atoms with van der Waals surface area (Å²) in [6.45, 7) is 2.13. The molecule has 0 spiro atoms. The zero-order valence-corrected chi connectivity index (χ0v) is 10.5. The first-order valence-electron chi connectivity index (χ1n) is 5.89. The molecule has 2 heterocycles. The minimum Gasteiger partial charge on any atom is -0.491 e. The second-order valence-corrected chi connectivity index (χ2v) is 4.06. The number of carboxylic acid groups (broad SMARTS) is 1. The molecule has 0 atom stereocenters. The fraction of sp³-hybridized carbons (Fsp3) is 0.214. The van der Waals surface area contributed by atoms with Gasteiger partial charge in [-0.3, -0.25) is 4.98 Å². The van der Waals surface area contributed by atoms with Gasteiger partial charge in [0.15, 0.2) is 11.4 Å². The van der Waals surface area contributed by atoms with E-state index in [1.165, 1.54) is 0 Å². The maximum absolute atomic E-state index is 11.1. The lowest BCUT2D eigenvalue weighted by molar-refractivity contribution is 0.0685. The van der Waals surface area contributed by atoms with E-state index >= 15 is 0 Å². The Labute approximate surface area is 110 Å². The maximum Gasteiger partial charge on any atom is 0.358 e. The van der Waals surface area contributed by atoms with Crippen molar-refractivity contribution in [1.82, 2.24) is 9.97 Å². The van der Waals surface area contributed by atoms with Crippen LogP contribution in [-0.2, 0) is 6.42 Å². The second-order valence-electron chi connectivity index (χ2n) is 4.06. The van der Waals surface area contributed by atoms with Crippen LogP contribution in [0.25, 0.3) is 0 Å². The molecular formula is C14H14N2O3. The number of pyridine rings is 2. The van der Waals surface area contributed by atoms with E-state index in [0.717, 1.165) is 5.56 Å². The molecule has 0 aliphatic rings. The molecule has 2 aromatic rings. The Morgan fingerprint density at radius 1 is 1.37 bits per heavy atom. The van der Waals surface area contributed by atoms with Crippen molar-refractivity contribution >= 4 is 5.97 Å². The van der Waals surface area contributed by atoms with Gasteiger partial charge in [-0.05, 0) is 30.7 Å². The minimum atomic E-state index is -1.08. The molecule has 0 radical (unpaired) electrons. The predicted molar refractivity (Wildman–Crippen MR) is 69.4 cm³/mol. The molecule has 2 rings (SSSR count). The van der Waals surface area contributed by atoms with E-state index in [-0.39, 0.29) is 5.69 Å². The Kier molecular flexibility index (Phi) is 4.07. The number of aromatic nitrogens is 2. The van der Waals surface area contributed by atoms with Crippen LogP contribution in [0.3, 0.4) is 0 Å². The van der Waals surface area contributed by atoms with Gasteiger partial charge in [-0.15, -0.1) is 0 Å². The summed E-state index contributed by atoms with van der Waals surface area (Å²) in [5.41, 5.74) is 1.64. The highest BCUT2D eigenvalue weighted by atomic mass is 16.5. The van der Waals surface area contributed by atoms with Gasteiger partial charge in [-0.1, -0.05) is 6.07 Å². The minimum absolute atomic E-state index is 0.0498. The van der Waals surface area contributed by atoms with Gasteiger partial charge in [0.25, 0.3) is 0 Å². The number of carboxylic acids is 1. The van der Waals surface area contributed by atoms with E-state index in [4.69, 9.17) is 9.84 Å². The fourth-order valence-electron chi connectivity index (χ4n) is 1.64. The van der Waals surface area contributed by atoms with Crippen LogP contribution in [0.4, 0.5) is 0 Å². The molecule has 0 amide bonds. The van der Waals surface area contributed by atoms with Crippen LogP contribution < -0.4 is 4.74 Å². The first-order valence-corrected chi connectivity index (χ1v) is 5.89. The molecule has 2 aromatic heterocycles. The largest absolute Gasteiger partial charge is 0.491 e. The van der Waals surface area contributed by atoms with Crippen LogP contribution in [0.1, 0.15) is 21.7 Å². The highest BCUT2D eigenvalue weighted by molar-refractivity contribution is 5.88. The zero-order chi connectivity index (χ0) is 13.7. The summed E-state index contributed by atoms with van der Waals surface area (Å²) < 4.78 is 5.49. The molecule has 1 N–H and O–H groups in total. The number of rotatable bonds is 5. The molecule has 0 saturated carbocycles. The van der Waals surface area contributed by atoms with Crippen LogP contribution in [-0.4, -0.2) is 27.7 Å². The molecule has 98 valence electrons. The monoisotopic (exact) mass is 258 g/mol. The Morgan fingerprint density at radius 2 is 2.21 bits per heavy atom. The Bertz CT molecular complexity index is 570. The van der Waals surface area contributed by atoms with Crippen LogP contribution in [0.5, 0.6) is 5.75 Å². The van der Waals surface area contributed by atoms with Crippen LogP contribution in [0, 0.1) is 6.92 Å². The van der Waals surface area contributed by atoms with Gasteiger partial charge in [-0.25, -0.2) is 9.78 Å². The molecule has 0 fully saturated rings. The summed E-state index contributed by atoms with van der Waals surface area (Å²) in [6, 6.07) is 7.16. The first-order chi connectivity index (χ1) is 9.16. The van der Waals surface area contributed by atoms with Crippen molar-refractivity contribution < 1.29 is 14.6 Å². The number of aryl methyl sites for hydroxylation is 1. The van der Waals surface area contributed by atoms with Gasteiger partial charge in [0.05, 0.1) is 6.61 Å². The summed E-state index contributed by atoms with van der Waals surface area (Å²) in [4.78, 5) is 19.0. The number of carbonyl (C=O) groups is 1. The average molecular weight is 258 g/mol. The quantitative estimate of drug-likeness (QED) is 0.889. The average Bonchev–Trinajstić information content (AvgIpc) is 2.41. The fourth-order valence-corrected chi connectivity index (χ4v) is 1.64. The van der Waals surface area contributed by atoms with Gasteiger partial charge in [-0.2, -0.15) is 0 Å². The maximum atomic E-state index is 11.1. The van der Waals surface area contributed by atoms with Crippen molar-refractivity contribution in [2.24, 2.45) is 0 Å². The molecule has 19 heavy (non-hydrogen) atoms. The Morgan fingerprint density at radius 3 is 2.89 bits per heavy atom. The van der Waals surface area contributed by atoms with E-state index in [0.29, 0.717) is 24.5 Å². The molecule has 0 bridgehead atoms. The van der Waals surface area contributed by atoms with Gasteiger partial charge >= 0.3 is 5.97 Å². The number of hydrogen-bond donors (Lipinski definition) is 1. The number of nitrogens with zero attached hydrogens (tertiary/aromatic N) is 2. The zero-order valence-electron chi connectivity index (χ0n) is 10.5. The molecule has 0 unspecified atom stereocenters. The second kappa shape index (κ2) is 5.95. The van der Waals surface area contributed by atoms with Gasteiger partial charge < -0.3 is 9.84 Å². The molecule has 5 heteroatoms. The summed E-state index contributed by atoms with van der Waals surface area (Å²) in [7, 11) is 0. The topological polar surface area (TPSA) is 72.3 Å². The van der Waals surface area contributed by atoms with Crippen LogP contribution >= 0.6 is 0 Å². The lowest BCUT2D eigenvalue weighted by Crippen LogP contribution is -2.09. The van der Waals surface area contributed by atoms with E-state index in [1.807, 2.05) is 12.1 Å². The van der Waals surface area contributed by atoms with E-state index < -0.39 is 5.97 Å². The van der Waals surface area contributed by atoms with E-state index in [1.54, 1.807) is 31.5 Å².